The minimum Gasteiger partial charge on any atom is -0.397 e. The van der Waals surface area contributed by atoms with Crippen molar-refractivity contribution in [2.24, 2.45) is 0 Å². The predicted molar refractivity (Wildman–Crippen MR) is 127 cm³/mol. The second-order valence-electron chi connectivity index (χ2n) is 7.50. The molecule has 8 nitrogen and oxygen atoms in total. The summed E-state index contributed by atoms with van der Waals surface area (Å²) in [6.07, 6.45) is 3.21. The molecule has 5 N–H and O–H groups in total. The largest absolute Gasteiger partial charge is 0.397 e. The Morgan fingerprint density at radius 3 is 2.58 bits per heavy atom. The average molecular weight is 446 g/mol. The second kappa shape index (κ2) is 8.99. The van der Waals surface area contributed by atoms with Gasteiger partial charge in [-0.15, -0.1) is 0 Å². The summed E-state index contributed by atoms with van der Waals surface area (Å²) in [6.45, 7) is 4.13. The summed E-state index contributed by atoms with van der Waals surface area (Å²) in [4.78, 5) is 25.0. The Morgan fingerprint density at radius 1 is 1.09 bits per heavy atom. The van der Waals surface area contributed by atoms with E-state index in [1.165, 1.54) is 6.07 Å². The standard InChI is InChI=1S/C24H23FN6O2/c1-3-27-23(32)17-13-31-22(19(26)10-11-28-31)21(17)15-5-7-16(8-6-15)29-24(33)30-20-12-14(2)4-9-18(20)25/h4-13H,3,26H2,1-2H3,(H,27,32)(H2,29,30,33). The van der Waals surface area contributed by atoms with Crippen LogP contribution in [-0.2, 0) is 0 Å². The van der Waals surface area contributed by atoms with Gasteiger partial charge in [-0.2, -0.15) is 5.10 Å². The van der Waals surface area contributed by atoms with Crippen molar-refractivity contribution in [3.63, 3.8) is 0 Å². The van der Waals surface area contributed by atoms with Crippen molar-refractivity contribution in [1.29, 1.82) is 0 Å². The molecule has 2 heterocycles. The van der Waals surface area contributed by atoms with Crippen LogP contribution in [0.2, 0.25) is 0 Å². The van der Waals surface area contributed by atoms with Gasteiger partial charge in [-0.3, -0.25) is 4.79 Å². The van der Waals surface area contributed by atoms with Gasteiger partial charge in [0.25, 0.3) is 5.91 Å². The number of hydrogen-bond donors (Lipinski definition) is 4. The molecular weight excluding hydrogens is 423 g/mol. The topological polar surface area (TPSA) is 114 Å². The quantitative estimate of drug-likeness (QED) is 0.363. The minimum atomic E-state index is -0.571. The number of nitrogens with one attached hydrogen (secondary N) is 3. The third kappa shape index (κ3) is 4.47. The molecule has 0 aliphatic heterocycles. The van der Waals surface area contributed by atoms with Gasteiger partial charge in [0, 0.05) is 30.2 Å². The summed E-state index contributed by atoms with van der Waals surface area (Å²) in [5.74, 6) is -0.755. The number of fused-ring (bicyclic) bond motifs is 1. The maximum atomic E-state index is 13.9. The Hall–Kier alpha value is -4.40. The summed E-state index contributed by atoms with van der Waals surface area (Å²) >= 11 is 0. The van der Waals surface area contributed by atoms with E-state index < -0.39 is 11.8 Å². The van der Waals surface area contributed by atoms with E-state index in [9.17, 15) is 14.0 Å². The van der Waals surface area contributed by atoms with Crippen LogP contribution in [-0.4, -0.2) is 28.1 Å². The van der Waals surface area contributed by atoms with E-state index in [0.29, 0.717) is 34.6 Å². The van der Waals surface area contributed by atoms with Gasteiger partial charge in [-0.05, 0) is 55.3 Å². The van der Waals surface area contributed by atoms with Gasteiger partial charge in [0.05, 0.1) is 22.5 Å². The number of hydrogen-bond acceptors (Lipinski definition) is 4. The number of amides is 3. The maximum Gasteiger partial charge on any atom is 0.323 e. The molecule has 2 aromatic carbocycles. The van der Waals surface area contributed by atoms with Crippen molar-refractivity contribution in [1.82, 2.24) is 14.9 Å². The van der Waals surface area contributed by atoms with Gasteiger partial charge in [0.2, 0.25) is 0 Å². The molecule has 0 atom stereocenters. The van der Waals surface area contributed by atoms with Crippen LogP contribution in [0.15, 0.2) is 60.9 Å². The number of anilines is 3. The van der Waals surface area contributed by atoms with Crippen molar-refractivity contribution < 1.29 is 14.0 Å². The lowest BCUT2D eigenvalue weighted by Gasteiger charge is -2.11. The molecule has 0 aliphatic carbocycles. The number of halogens is 1. The van der Waals surface area contributed by atoms with E-state index in [2.05, 4.69) is 21.0 Å². The number of nitrogens with two attached hydrogens (primary N) is 1. The Kier molecular flexibility index (Phi) is 5.95. The zero-order chi connectivity index (χ0) is 23.5. The first-order valence-electron chi connectivity index (χ1n) is 10.4. The van der Waals surface area contributed by atoms with Crippen LogP contribution in [0.3, 0.4) is 0 Å². The van der Waals surface area contributed by atoms with Crippen molar-refractivity contribution in [2.75, 3.05) is 22.9 Å². The molecule has 9 heteroatoms. The summed E-state index contributed by atoms with van der Waals surface area (Å²) in [6, 6.07) is 12.5. The van der Waals surface area contributed by atoms with Gasteiger partial charge in [0.15, 0.2) is 0 Å². The molecule has 0 unspecified atom stereocenters. The number of aromatic nitrogens is 2. The molecule has 4 rings (SSSR count). The van der Waals surface area contributed by atoms with Gasteiger partial charge in [0.1, 0.15) is 5.82 Å². The molecule has 0 saturated heterocycles. The highest BCUT2D eigenvalue weighted by Gasteiger charge is 2.20. The normalized spacial score (nSPS) is 10.8. The highest BCUT2D eigenvalue weighted by Crippen LogP contribution is 2.33. The molecule has 33 heavy (non-hydrogen) atoms. The van der Waals surface area contributed by atoms with Crippen molar-refractivity contribution in [3.8, 4) is 11.1 Å². The number of carbonyl (C=O) groups excluding carboxylic acids is 2. The Morgan fingerprint density at radius 2 is 1.85 bits per heavy atom. The smallest absolute Gasteiger partial charge is 0.323 e. The Bertz CT molecular complexity index is 1350. The molecule has 4 aromatic rings. The molecule has 0 bridgehead atoms. The van der Waals surface area contributed by atoms with E-state index in [1.54, 1.807) is 59.4 Å². The van der Waals surface area contributed by atoms with Gasteiger partial charge >= 0.3 is 6.03 Å². The predicted octanol–water partition coefficient (Wildman–Crippen LogP) is 4.42. The lowest BCUT2D eigenvalue weighted by molar-refractivity contribution is 0.0956. The first kappa shape index (κ1) is 21.8. The third-order valence-electron chi connectivity index (χ3n) is 5.09. The van der Waals surface area contributed by atoms with E-state index in [4.69, 9.17) is 5.73 Å². The Balaban J connectivity index is 1.62. The maximum absolute atomic E-state index is 13.9. The van der Waals surface area contributed by atoms with E-state index in [1.807, 2.05) is 13.8 Å². The van der Waals surface area contributed by atoms with Crippen LogP contribution in [0.5, 0.6) is 0 Å². The summed E-state index contributed by atoms with van der Waals surface area (Å²) in [7, 11) is 0. The van der Waals surface area contributed by atoms with Crippen molar-refractivity contribution >= 4 is 34.5 Å². The van der Waals surface area contributed by atoms with E-state index in [-0.39, 0.29) is 11.6 Å². The summed E-state index contributed by atoms with van der Waals surface area (Å²) in [5, 5.41) is 12.2. The SMILES string of the molecule is CCNC(=O)c1cn2nccc(N)c2c1-c1ccc(NC(=O)Nc2cc(C)ccc2F)cc1. The molecule has 3 amide bonds. The molecular formula is C24H23FN6O2. The summed E-state index contributed by atoms with van der Waals surface area (Å²) < 4.78 is 15.5. The minimum absolute atomic E-state index is 0.0963. The Labute approximate surface area is 189 Å². The highest BCUT2D eigenvalue weighted by molar-refractivity contribution is 6.07. The fourth-order valence-corrected chi connectivity index (χ4v) is 3.59. The zero-order valence-corrected chi connectivity index (χ0v) is 18.1. The lowest BCUT2D eigenvalue weighted by atomic mass is 10.0. The van der Waals surface area contributed by atoms with Crippen LogP contribution >= 0.6 is 0 Å². The van der Waals surface area contributed by atoms with Crippen LogP contribution in [0.4, 0.5) is 26.2 Å². The zero-order valence-electron chi connectivity index (χ0n) is 18.1. The fraction of sp³-hybridized carbons (Fsp3) is 0.125. The van der Waals surface area contributed by atoms with Crippen LogP contribution in [0.1, 0.15) is 22.8 Å². The van der Waals surface area contributed by atoms with Crippen LogP contribution < -0.4 is 21.7 Å². The van der Waals surface area contributed by atoms with Crippen molar-refractivity contribution in [3.05, 3.63) is 77.9 Å². The van der Waals surface area contributed by atoms with E-state index in [0.717, 1.165) is 11.1 Å². The van der Waals surface area contributed by atoms with Crippen LogP contribution in [0.25, 0.3) is 16.6 Å². The molecule has 0 aliphatic rings. The van der Waals surface area contributed by atoms with Gasteiger partial charge in [-0.1, -0.05) is 18.2 Å². The summed E-state index contributed by atoms with van der Waals surface area (Å²) in [5.41, 5.74) is 10.5. The molecule has 0 saturated carbocycles. The third-order valence-corrected chi connectivity index (χ3v) is 5.09. The molecule has 0 radical (unpaired) electrons. The number of nitrogens with zero attached hydrogens (tertiary/aromatic N) is 2. The van der Waals surface area contributed by atoms with E-state index >= 15 is 0 Å². The molecule has 0 spiro atoms. The average Bonchev–Trinajstić information content (AvgIpc) is 3.18. The number of urea groups is 1. The second-order valence-corrected chi connectivity index (χ2v) is 7.50. The lowest BCUT2D eigenvalue weighted by Crippen LogP contribution is -2.22. The monoisotopic (exact) mass is 446 g/mol. The first-order valence-corrected chi connectivity index (χ1v) is 10.4. The molecule has 0 fully saturated rings. The number of benzene rings is 2. The van der Waals surface area contributed by atoms with Crippen LogP contribution in [0, 0.1) is 12.7 Å². The van der Waals surface area contributed by atoms with Crippen molar-refractivity contribution in [2.45, 2.75) is 13.8 Å². The number of carbonyl (C=O) groups is 2. The fourth-order valence-electron chi connectivity index (χ4n) is 3.59. The van der Waals surface area contributed by atoms with Gasteiger partial charge < -0.3 is 21.7 Å². The number of rotatable bonds is 5. The highest BCUT2D eigenvalue weighted by atomic mass is 19.1. The first-order chi connectivity index (χ1) is 15.9. The number of aryl methyl sites for hydroxylation is 1. The van der Waals surface area contributed by atoms with Gasteiger partial charge in [-0.25, -0.2) is 13.7 Å². The molecule has 2 aromatic heterocycles. The molecule has 168 valence electrons. The number of nitrogen functional groups attached to an aromatic ring is 1.